The van der Waals surface area contributed by atoms with Gasteiger partial charge in [-0.05, 0) is 48.9 Å². The van der Waals surface area contributed by atoms with Gasteiger partial charge in [0, 0.05) is 38.9 Å². The second kappa shape index (κ2) is 9.94. The van der Waals surface area contributed by atoms with Gasteiger partial charge in [-0.1, -0.05) is 12.1 Å². The summed E-state index contributed by atoms with van der Waals surface area (Å²) in [5.41, 5.74) is 8.36. The van der Waals surface area contributed by atoms with E-state index in [2.05, 4.69) is 50.3 Å². The molecule has 2 aromatic rings. The van der Waals surface area contributed by atoms with Crippen molar-refractivity contribution in [1.29, 1.82) is 0 Å². The number of nitrogens with zero attached hydrogens (tertiary/aromatic N) is 4. The summed E-state index contributed by atoms with van der Waals surface area (Å²) >= 11 is 0. The number of piperazine rings is 1. The molecule has 0 bridgehead atoms. The normalized spacial score (nSPS) is 15.5. The zero-order valence-corrected chi connectivity index (χ0v) is 16.8. The number of hydrogen-bond donors (Lipinski definition) is 2. The molecule has 28 heavy (non-hydrogen) atoms. The minimum atomic E-state index is 0.464. The first-order valence-corrected chi connectivity index (χ1v) is 9.69. The Bertz CT molecular complexity index is 769. The highest BCUT2D eigenvalue weighted by atomic mass is 16.5. The molecule has 0 aliphatic carbocycles. The van der Waals surface area contributed by atoms with Crippen LogP contribution in [0.1, 0.15) is 11.1 Å². The maximum atomic E-state index is 6.01. The van der Waals surface area contributed by atoms with E-state index < -0.39 is 0 Å². The fraction of sp³-hybridized carbons (Fsp3) is 0.429. The topological polar surface area (TPSA) is 79.0 Å². The van der Waals surface area contributed by atoms with Gasteiger partial charge in [0.1, 0.15) is 11.6 Å². The summed E-state index contributed by atoms with van der Waals surface area (Å²) in [6, 6.07) is 12.2. The van der Waals surface area contributed by atoms with Crippen LogP contribution in [-0.4, -0.2) is 62.7 Å². The number of hydrogen-bond acceptors (Lipinski definition) is 5. The van der Waals surface area contributed by atoms with Gasteiger partial charge in [-0.2, -0.15) is 0 Å². The van der Waals surface area contributed by atoms with E-state index in [0.717, 1.165) is 56.3 Å². The van der Waals surface area contributed by atoms with Crippen molar-refractivity contribution in [2.75, 3.05) is 51.8 Å². The lowest BCUT2D eigenvalue weighted by atomic mass is 10.1. The molecule has 1 saturated heterocycles. The van der Waals surface area contributed by atoms with Crippen molar-refractivity contribution in [3.05, 3.63) is 53.7 Å². The molecular weight excluding hydrogens is 352 g/mol. The van der Waals surface area contributed by atoms with Crippen LogP contribution in [0.2, 0.25) is 0 Å². The Morgan fingerprint density at radius 2 is 1.89 bits per heavy atom. The first kappa shape index (κ1) is 19.9. The first-order chi connectivity index (χ1) is 13.6. The maximum Gasteiger partial charge on any atom is 0.188 e. The van der Waals surface area contributed by atoms with Gasteiger partial charge >= 0.3 is 0 Å². The number of anilines is 1. The van der Waals surface area contributed by atoms with Crippen molar-refractivity contribution in [1.82, 2.24) is 15.2 Å². The Hall–Kier alpha value is -2.80. The molecular formula is C21H30N6O. The third-order valence-corrected chi connectivity index (χ3v) is 4.95. The minimum absolute atomic E-state index is 0.464. The lowest BCUT2D eigenvalue weighted by molar-refractivity contribution is 0.312. The quantitative estimate of drug-likeness (QED) is 0.558. The van der Waals surface area contributed by atoms with Gasteiger partial charge in [-0.15, -0.1) is 0 Å². The number of rotatable bonds is 7. The summed E-state index contributed by atoms with van der Waals surface area (Å²) in [5, 5.41) is 3.18. The molecule has 3 N–H and O–H groups in total. The van der Waals surface area contributed by atoms with E-state index >= 15 is 0 Å². The van der Waals surface area contributed by atoms with Crippen LogP contribution in [0, 0.1) is 0 Å². The third kappa shape index (κ3) is 5.85. The molecule has 0 radical (unpaired) electrons. The van der Waals surface area contributed by atoms with Crippen LogP contribution >= 0.6 is 0 Å². The van der Waals surface area contributed by atoms with Crippen LogP contribution in [0.4, 0.5) is 5.82 Å². The highest BCUT2D eigenvalue weighted by molar-refractivity contribution is 5.77. The number of pyridine rings is 1. The van der Waals surface area contributed by atoms with E-state index in [0.29, 0.717) is 12.5 Å². The summed E-state index contributed by atoms with van der Waals surface area (Å²) in [5.74, 6) is 2.35. The number of ether oxygens (including phenoxy) is 1. The number of benzene rings is 1. The summed E-state index contributed by atoms with van der Waals surface area (Å²) in [7, 11) is 3.82. The average molecular weight is 383 g/mol. The third-order valence-electron chi connectivity index (χ3n) is 4.95. The van der Waals surface area contributed by atoms with Crippen LogP contribution in [-0.2, 0) is 13.0 Å². The number of likely N-dealkylation sites (N-methyl/N-ethyl adjacent to an activating group) is 1. The summed E-state index contributed by atoms with van der Waals surface area (Å²) in [4.78, 5) is 13.6. The van der Waals surface area contributed by atoms with Crippen LogP contribution in [0.3, 0.4) is 0 Å². The number of aromatic nitrogens is 1. The van der Waals surface area contributed by atoms with Crippen LogP contribution in [0.5, 0.6) is 5.75 Å². The molecule has 7 heteroatoms. The Morgan fingerprint density at radius 3 is 2.61 bits per heavy atom. The van der Waals surface area contributed by atoms with Gasteiger partial charge in [-0.25, -0.2) is 9.98 Å². The van der Waals surface area contributed by atoms with E-state index in [1.807, 2.05) is 24.4 Å². The molecule has 7 nitrogen and oxygen atoms in total. The number of aliphatic imine (C=N–C) groups is 1. The zero-order chi connectivity index (χ0) is 19.8. The highest BCUT2D eigenvalue weighted by Crippen LogP contribution is 2.15. The predicted molar refractivity (Wildman–Crippen MR) is 114 cm³/mol. The maximum absolute atomic E-state index is 6.01. The molecule has 1 aliphatic rings. The Morgan fingerprint density at radius 1 is 1.14 bits per heavy atom. The van der Waals surface area contributed by atoms with E-state index in [4.69, 9.17) is 10.5 Å². The fourth-order valence-electron chi connectivity index (χ4n) is 3.13. The molecule has 1 aliphatic heterocycles. The highest BCUT2D eigenvalue weighted by Gasteiger charge is 2.15. The molecule has 0 unspecified atom stereocenters. The predicted octanol–water partition coefficient (Wildman–Crippen LogP) is 1.49. The van der Waals surface area contributed by atoms with Gasteiger partial charge in [-0.3, -0.25) is 0 Å². The molecule has 2 heterocycles. The molecule has 1 aromatic carbocycles. The van der Waals surface area contributed by atoms with Crippen molar-refractivity contribution in [3.63, 3.8) is 0 Å². The summed E-state index contributed by atoms with van der Waals surface area (Å²) < 4.78 is 5.17. The summed E-state index contributed by atoms with van der Waals surface area (Å²) in [6.07, 6.45) is 2.73. The van der Waals surface area contributed by atoms with Crippen molar-refractivity contribution < 1.29 is 4.74 Å². The molecule has 0 spiro atoms. The molecule has 0 atom stereocenters. The molecule has 3 rings (SSSR count). The molecule has 150 valence electrons. The lowest BCUT2D eigenvalue weighted by Gasteiger charge is -2.33. The largest absolute Gasteiger partial charge is 0.497 e. The average Bonchev–Trinajstić information content (AvgIpc) is 2.73. The van der Waals surface area contributed by atoms with Gasteiger partial charge in [0.25, 0.3) is 0 Å². The Kier molecular flexibility index (Phi) is 7.08. The van der Waals surface area contributed by atoms with E-state index in [-0.39, 0.29) is 0 Å². The van der Waals surface area contributed by atoms with Crippen LogP contribution in [0.15, 0.2) is 47.6 Å². The second-order valence-electron chi connectivity index (χ2n) is 7.04. The van der Waals surface area contributed by atoms with Crippen LogP contribution < -0.4 is 20.7 Å². The van der Waals surface area contributed by atoms with Crippen molar-refractivity contribution in [3.8, 4) is 5.75 Å². The second-order valence-corrected chi connectivity index (χ2v) is 7.04. The van der Waals surface area contributed by atoms with Gasteiger partial charge in [0.2, 0.25) is 0 Å². The number of nitrogens with one attached hydrogen (secondary N) is 1. The zero-order valence-electron chi connectivity index (χ0n) is 16.8. The molecule has 0 amide bonds. The Labute approximate surface area is 167 Å². The van der Waals surface area contributed by atoms with Crippen molar-refractivity contribution in [2.24, 2.45) is 10.7 Å². The van der Waals surface area contributed by atoms with Crippen molar-refractivity contribution >= 4 is 11.8 Å². The van der Waals surface area contributed by atoms with Gasteiger partial charge in [0.15, 0.2) is 5.96 Å². The monoisotopic (exact) mass is 382 g/mol. The van der Waals surface area contributed by atoms with E-state index in [9.17, 15) is 0 Å². The lowest BCUT2D eigenvalue weighted by Crippen LogP contribution is -2.44. The SMILES string of the molecule is COc1ccc(CCNC(N)=NCc2ccnc(N3CCN(C)CC3)c2)cc1. The first-order valence-electron chi connectivity index (χ1n) is 9.69. The van der Waals surface area contributed by atoms with Gasteiger partial charge < -0.3 is 25.6 Å². The number of methoxy groups -OCH3 is 1. The van der Waals surface area contributed by atoms with E-state index in [1.54, 1.807) is 7.11 Å². The van der Waals surface area contributed by atoms with Crippen molar-refractivity contribution in [2.45, 2.75) is 13.0 Å². The number of guanidine groups is 1. The molecule has 1 fully saturated rings. The minimum Gasteiger partial charge on any atom is -0.497 e. The van der Waals surface area contributed by atoms with Gasteiger partial charge in [0.05, 0.1) is 13.7 Å². The molecule has 0 saturated carbocycles. The molecule has 1 aromatic heterocycles. The fourth-order valence-corrected chi connectivity index (χ4v) is 3.13. The van der Waals surface area contributed by atoms with E-state index in [1.165, 1.54) is 5.56 Å². The Balaban J connectivity index is 1.46. The standard InChI is InChI=1S/C21H30N6O/c1-26-11-13-27(14-12-26)20-15-18(8-9-23-20)16-25-21(22)24-10-7-17-3-5-19(28-2)6-4-17/h3-6,8-9,15H,7,10-14,16H2,1-2H3,(H3,22,24,25). The summed E-state index contributed by atoms with van der Waals surface area (Å²) in [6.45, 7) is 5.43. The van der Waals surface area contributed by atoms with Crippen LogP contribution in [0.25, 0.3) is 0 Å². The number of nitrogens with two attached hydrogens (primary N) is 1. The smallest absolute Gasteiger partial charge is 0.188 e.